The summed E-state index contributed by atoms with van der Waals surface area (Å²) < 4.78 is 27.2. The van der Waals surface area contributed by atoms with E-state index < -0.39 is 11.7 Å². The molecule has 9 heteroatoms. The smallest absolute Gasteiger partial charge is 0.191 e. The highest BCUT2D eigenvalue weighted by Gasteiger charge is 2.57. The van der Waals surface area contributed by atoms with Crippen LogP contribution in [0.15, 0.2) is 12.5 Å². The van der Waals surface area contributed by atoms with Crippen molar-refractivity contribution in [2.24, 2.45) is 0 Å². The van der Waals surface area contributed by atoms with Gasteiger partial charge in [-0.05, 0) is 26.2 Å². The maximum absolute atomic E-state index is 6.58. The van der Waals surface area contributed by atoms with Gasteiger partial charge in [0.15, 0.2) is 10.8 Å². The fourth-order valence-corrected chi connectivity index (χ4v) is 4.22. The molecule has 32 heavy (non-hydrogen) atoms. The molecule has 0 N–H and O–H groups in total. The maximum atomic E-state index is 6.58. The van der Waals surface area contributed by atoms with E-state index in [0.717, 1.165) is 44.2 Å². The lowest BCUT2D eigenvalue weighted by Crippen LogP contribution is -2.48. The second-order valence-electron chi connectivity index (χ2n) is 8.48. The van der Waals surface area contributed by atoms with Gasteiger partial charge in [-0.25, -0.2) is 14.5 Å². The van der Waals surface area contributed by atoms with Crippen molar-refractivity contribution in [3.8, 4) is 0 Å². The SMILES string of the molecule is CCCCOCC1OC(c2cnc3c(Cl)ncnn23)[C@](C)(OCCCC)[C@@H]1OCCCC. The summed E-state index contributed by atoms with van der Waals surface area (Å²) in [6.45, 7) is 10.9. The minimum absolute atomic E-state index is 0.261. The molecule has 2 unspecified atom stereocenters. The molecule has 2 aromatic rings. The van der Waals surface area contributed by atoms with Crippen LogP contribution in [0.3, 0.4) is 0 Å². The molecule has 1 saturated heterocycles. The summed E-state index contributed by atoms with van der Waals surface area (Å²) in [7, 11) is 0. The first-order valence-electron chi connectivity index (χ1n) is 11.9. The molecule has 0 amide bonds. The summed E-state index contributed by atoms with van der Waals surface area (Å²) in [4.78, 5) is 8.47. The molecular formula is C23H37ClN4O4. The van der Waals surface area contributed by atoms with Crippen LogP contribution in [0.4, 0.5) is 0 Å². The number of halogens is 1. The summed E-state index contributed by atoms with van der Waals surface area (Å²) in [6, 6.07) is 0. The van der Waals surface area contributed by atoms with E-state index in [2.05, 4.69) is 42.8 Å². The van der Waals surface area contributed by atoms with Gasteiger partial charge in [0.2, 0.25) is 0 Å². The third-order valence-corrected chi connectivity index (χ3v) is 6.19. The van der Waals surface area contributed by atoms with Crippen molar-refractivity contribution in [1.82, 2.24) is 19.6 Å². The van der Waals surface area contributed by atoms with Crippen molar-refractivity contribution in [2.75, 3.05) is 26.4 Å². The van der Waals surface area contributed by atoms with Crippen LogP contribution in [0.5, 0.6) is 0 Å². The van der Waals surface area contributed by atoms with Crippen LogP contribution in [0, 0.1) is 0 Å². The molecular weight excluding hydrogens is 432 g/mol. The Morgan fingerprint density at radius 1 is 1.06 bits per heavy atom. The molecule has 0 spiro atoms. The van der Waals surface area contributed by atoms with Crippen molar-refractivity contribution in [1.29, 1.82) is 0 Å². The van der Waals surface area contributed by atoms with E-state index in [4.69, 9.17) is 30.5 Å². The highest BCUT2D eigenvalue weighted by Crippen LogP contribution is 2.46. The predicted molar refractivity (Wildman–Crippen MR) is 123 cm³/mol. The van der Waals surface area contributed by atoms with Crippen molar-refractivity contribution < 1.29 is 18.9 Å². The Morgan fingerprint density at radius 3 is 2.53 bits per heavy atom. The normalized spacial score (nSPS) is 25.7. The molecule has 8 nitrogen and oxygen atoms in total. The first kappa shape index (κ1) is 25.3. The third kappa shape index (κ3) is 5.59. The molecule has 0 aromatic carbocycles. The highest BCUT2D eigenvalue weighted by molar-refractivity contribution is 6.32. The zero-order valence-electron chi connectivity index (χ0n) is 19.8. The van der Waals surface area contributed by atoms with Gasteiger partial charge in [-0.2, -0.15) is 5.10 Å². The third-order valence-electron chi connectivity index (χ3n) is 5.92. The molecule has 0 aliphatic carbocycles. The number of aromatic nitrogens is 4. The molecule has 0 radical (unpaired) electrons. The second-order valence-corrected chi connectivity index (χ2v) is 8.84. The fraction of sp³-hybridized carbons (Fsp3) is 0.783. The molecule has 4 atom stereocenters. The quantitative estimate of drug-likeness (QED) is 0.368. The molecule has 2 aromatic heterocycles. The number of nitrogens with zero attached hydrogens (tertiary/aromatic N) is 4. The molecule has 0 saturated carbocycles. The van der Waals surface area contributed by atoms with E-state index in [1.54, 1.807) is 10.7 Å². The monoisotopic (exact) mass is 468 g/mol. The van der Waals surface area contributed by atoms with Crippen LogP contribution in [0.25, 0.3) is 5.65 Å². The standard InChI is InChI=1S/C23H37ClN4O4/c1-5-8-11-29-15-18-20(30-12-9-6-2)23(4,31-13-10-7-3)19(32-18)17-14-25-22-21(24)26-16-27-28(17)22/h14,16,18-20H,5-13,15H2,1-4H3/t18?,19?,20-,23+/m1/s1. The molecule has 1 aliphatic heterocycles. The van der Waals surface area contributed by atoms with E-state index in [-0.39, 0.29) is 12.2 Å². The number of rotatable bonds is 14. The highest BCUT2D eigenvalue weighted by atomic mass is 35.5. The van der Waals surface area contributed by atoms with Gasteiger partial charge in [0, 0.05) is 19.8 Å². The van der Waals surface area contributed by atoms with Crippen molar-refractivity contribution >= 4 is 17.2 Å². The Hall–Kier alpha value is -1.32. The molecule has 3 heterocycles. The zero-order valence-corrected chi connectivity index (χ0v) is 20.5. The summed E-state index contributed by atoms with van der Waals surface area (Å²) in [5.74, 6) is 0. The van der Waals surface area contributed by atoms with Gasteiger partial charge in [-0.15, -0.1) is 0 Å². The first-order valence-corrected chi connectivity index (χ1v) is 12.3. The Bertz CT molecular complexity index is 835. The molecule has 3 rings (SSSR count). The summed E-state index contributed by atoms with van der Waals surface area (Å²) in [5, 5.41) is 4.67. The summed E-state index contributed by atoms with van der Waals surface area (Å²) in [5.41, 5.74) is 0.535. The molecule has 1 fully saturated rings. The lowest BCUT2D eigenvalue weighted by Gasteiger charge is -2.35. The Morgan fingerprint density at radius 2 is 1.78 bits per heavy atom. The van der Waals surface area contributed by atoms with Gasteiger partial charge in [0.05, 0.1) is 18.5 Å². The number of hydrogen-bond acceptors (Lipinski definition) is 7. The number of hydrogen-bond donors (Lipinski definition) is 0. The van der Waals surface area contributed by atoms with E-state index in [9.17, 15) is 0 Å². The Kier molecular flexibility index (Phi) is 9.67. The van der Waals surface area contributed by atoms with Gasteiger partial charge >= 0.3 is 0 Å². The lowest BCUT2D eigenvalue weighted by atomic mass is 9.90. The summed E-state index contributed by atoms with van der Waals surface area (Å²) in [6.07, 6.45) is 8.34. The van der Waals surface area contributed by atoms with Crippen molar-refractivity contribution in [3.05, 3.63) is 23.4 Å². The van der Waals surface area contributed by atoms with Gasteiger partial charge in [0.1, 0.15) is 30.2 Å². The molecule has 0 bridgehead atoms. The average Bonchev–Trinajstić information content (AvgIpc) is 3.32. The lowest BCUT2D eigenvalue weighted by molar-refractivity contribution is -0.138. The minimum atomic E-state index is -0.727. The van der Waals surface area contributed by atoms with E-state index >= 15 is 0 Å². The van der Waals surface area contributed by atoms with E-state index in [1.165, 1.54) is 6.33 Å². The van der Waals surface area contributed by atoms with Crippen LogP contribution in [0.2, 0.25) is 5.15 Å². The van der Waals surface area contributed by atoms with Gasteiger partial charge < -0.3 is 18.9 Å². The summed E-state index contributed by atoms with van der Waals surface area (Å²) >= 11 is 6.24. The topological polar surface area (TPSA) is 80.0 Å². The first-order chi connectivity index (χ1) is 15.6. The zero-order chi connectivity index (χ0) is 23.0. The Labute approximate surface area is 195 Å². The van der Waals surface area contributed by atoms with Gasteiger partial charge in [-0.3, -0.25) is 0 Å². The number of ether oxygens (including phenoxy) is 4. The van der Waals surface area contributed by atoms with Gasteiger partial charge in [0.25, 0.3) is 0 Å². The Balaban J connectivity index is 1.93. The second kappa shape index (κ2) is 12.2. The molecule has 1 aliphatic rings. The number of unbranched alkanes of at least 4 members (excludes halogenated alkanes) is 3. The van der Waals surface area contributed by atoms with Crippen molar-refractivity contribution in [2.45, 2.75) is 90.1 Å². The largest absolute Gasteiger partial charge is 0.379 e. The maximum Gasteiger partial charge on any atom is 0.191 e. The number of imidazole rings is 1. The van der Waals surface area contributed by atoms with E-state index in [0.29, 0.717) is 37.2 Å². The average molecular weight is 469 g/mol. The van der Waals surface area contributed by atoms with Crippen LogP contribution in [0.1, 0.15) is 78.0 Å². The van der Waals surface area contributed by atoms with Gasteiger partial charge in [-0.1, -0.05) is 51.6 Å². The minimum Gasteiger partial charge on any atom is -0.379 e. The fourth-order valence-electron chi connectivity index (χ4n) is 4.04. The predicted octanol–water partition coefficient (Wildman–Crippen LogP) is 4.80. The van der Waals surface area contributed by atoms with Crippen LogP contribution < -0.4 is 0 Å². The van der Waals surface area contributed by atoms with Crippen molar-refractivity contribution in [3.63, 3.8) is 0 Å². The molecule has 180 valence electrons. The van der Waals surface area contributed by atoms with Crippen LogP contribution in [-0.4, -0.2) is 63.8 Å². The van der Waals surface area contributed by atoms with Crippen LogP contribution in [-0.2, 0) is 18.9 Å². The van der Waals surface area contributed by atoms with E-state index in [1.807, 2.05) is 0 Å². The number of fused-ring (bicyclic) bond motifs is 1. The van der Waals surface area contributed by atoms with Crippen LogP contribution >= 0.6 is 11.6 Å².